The van der Waals surface area contributed by atoms with E-state index in [0.29, 0.717) is 32.8 Å². The van der Waals surface area contributed by atoms with Crippen molar-refractivity contribution in [1.29, 1.82) is 0 Å². The molecule has 138 valence electrons. The summed E-state index contributed by atoms with van der Waals surface area (Å²) in [7, 11) is 2.84. The molecule has 7 heteroatoms. The molecule has 0 fully saturated rings. The van der Waals surface area contributed by atoms with Crippen molar-refractivity contribution in [3.8, 4) is 5.75 Å². The third-order valence-corrected chi connectivity index (χ3v) is 5.94. The third-order valence-electron chi connectivity index (χ3n) is 4.53. The van der Waals surface area contributed by atoms with Crippen LogP contribution in [0.2, 0.25) is 5.02 Å². The monoisotopic (exact) mass is 393 g/mol. The highest BCUT2D eigenvalue weighted by molar-refractivity contribution is 7.17. The first-order valence-corrected chi connectivity index (χ1v) is 9.51. The van der Waals surface area contributed by atoms with Gasteiger partial charge >= 0.3 is 5.97 Å². The Morgan fingerprint density at radius 1 is 1.31 bits per heavy atom. The average Bonchev–Trinajstić information content (AvgIpc) is 2.97. The summed E-state index contributed by atoms with van der Waals surface area (Å²) in [5.74, 6) is 0.177. The van der Waals surface area contributed by atoms with Crippen molar-refractivity contribution in [2.45, 2.75) is 26.2 Å². The molecule has 1 aromatic heterocycles. The number of anilines is 1. The Morgan fingerprint density at radius 3 is 2.77 bits per heavy atom. The van der Waals surface area contributed by atoms with E-state index in [9.17, 15) is 9.59 Å². The van der Waals surface area contributed by atoms with Crippen LogP contribution in [0, 0.1) is 5.92 Å². The Morgan fingerprint density at radius 2 is 2.08 bits per heavy atom. The number of amides is 1. The minimum absolute atomic E-state index is 0.315. The van der Waals surface area contributed by atoms with Crippen LogP contribution < -0.4 is 10.1 Å². The number of rotatable bonds is 4. The highest BCUT2D eigenvalue weighted by Gasteiger charge is 2.29. The molecule has 0 spiro atoms. The highest BCUT2D eigenvalue weighted by Crippen LogP contribution is 2.40. The van der Waals surface area contributed by atoms with Gasteiger partial charge in [0.05, 0.1) is 25.3 Å². The van der Waals surface area contributed by atoms with Gasteiger partial charge in [-0.25, -0.2) is 4.79 Å². The number of carbonyl (C=O) groups excluding carboxylic acids is 2. The van der Waals surface area contributed by atoms with Crippen molar-refractivity contribution in [1.82, 2.24) is 0 Å². The van der Waals surface area contributed by atoms with Crippen LogP contribution in [0.3, 0.4) is 0 Å². The van der Waals surface area contributed by atoms with Crippen LogP contribution in [0.1, 0.15) is 44.5 Å². The largest absolute Gasteiger partial charge is 0.496 e. The molecule has 2 aromatic rings. The molecule has 26 heavy (non-hydrogen) atoms. The average molecular weight is 394 g/mol. The summed E-state index contributed by atoms with van der Waals surface area (Å²) in [5.41, 5.74) is 1.78. The van der Waals surface area contributed by atoms with Crippen LogP contribution in [-0.2, 0) is 17.6 Å². The second kappa shape index (κ2) is 7.68. The number of hydrogen-bond acceptors (Lipinski definition) is 5. The number of carbonyl (C=O) groups is 2. The van der Waals surface area contributed by atoms with Gasteiger partial charge in [0.2, 0.25) is 0 Å². The Labute approximate surface area is 161 Å². The van der Waals surface area contributed by atoms with Crippen LogP contribution in [-0.4, -0.2) is 26.1 Å². The van der Waals surface area contributed by atoms with Crippen LogP contribution in [0.5, 0.6) is 5.75 Å². The van der Waals surface area contributed by atoms with Crippen molar-refractivity contribution in [3.05, 3.63) is 44.8 Å². The zero-order valence-electron chi connectivity index (χ0n) is 14.8. The minimum Gasteiger partial charge on any atom is -0.496 e. The topological polar surface area (TPSA) is 64.6 Å². The predicted octanol–water partition coefficient (Wildman–Crippen LogP) is 4.57. The Kier molecular flexibility index (Phi) is 5.53. The fourth-order valence-electron chi connectivity index (χ4n) is 3.18. The van der Waals surface area contributed by atoms with Gasteiger partial charge in [0.25, 0.3) is 5.91 Å². The van der Waals surface area contributed by atoms with Crippen molar-refractivity contribution >= 4 is 39.8 Å². The smallest absolute Gasteiger partial charge is 0.341 e. The van der Waals surface area contributed by atoms with Crippen molar-refractivity contribution < 1.29 is 19.1 Å². The summed E-state index contributed by atoms with van der Waals surface area (Å²) in [5, 5.41) is 3.81. The fraction of sp³-hybridized carbons (Fsp3) is 0.368. The molecule has 1 aliphatic rings. The number of esters is 1. The molecule has 5 nitrogen and oxygen atoms in total. The van der Waals surface area contributed by atoms with Gasteiger partial charge < -0.3 is 14.8 Å². The number of thiophene rings is 1. The molecule has 1 N–H and O–H groups in total. The molecular weight excluding hydrogens is 374 g/mol. The van der Waals surface area contributed by atoms with Gasteiger partial charge in [-0.3, -0.25) is 4.79 Å². The van der Waals surface area contributed by atoms with E-state index in [4.69, 9.17) is 21.1 Å². The quantitative estimate of drug-likeness (QED) is 0.772. The normalized spacial score (nSPS) is 15.9. The molecule has 1 aliphatic carbocycles. The molecule has 1 amide bonds. The predicted molar refractivity (Wildman–Crippen MR) is 103 cm³/mol. The number of halogens is 1. The zero-order valence-corrected chi connectivity index (χ0v) is 16.4. The molecule has 0 aliphatic heterocycles. The van der Waals surface area contributed by atoms with Crippen LogP contribution in [0.15, 0.2) is 18.2 Å². The van der Waals surface area contributed by atoms with E-state index in [0.717, 1.165) is 29.7 Å². The number of nitrogens with one attached hydrogen (secondary N) is 1. The van der Waals surface area contributed by atoms with Crippen LogP contribution in [0.4, 0.5) is 5.00 Å². The van der Waals surface area contributed by atoms with Gasteiger partial charge in [0, 0.05) is 9.90 Å². The SMILES string of the molecule is COC(=O)c1c(NC(=O)c2cc(Cl)ccc2OC)sc2c1CC[C@@H](C)C2. The first-order valence-electron chi connectivity index (χ1n) is 8.32. The lowest BCUT2D eigenvalue weighted by atomic mass is 9.88. The molecule has 1 atom stereocenters. The summed E-state index contributed by atoms with van der Waals surface area (Å²) in [6.07, 6.45) is 2.73. The van der Waals surface area contributed by atoms with E-state index < -0.39 is 5.97 Å². The van der Waals surface area contributed by atoms with Gasteiger partial charge in [-0.15, -0.1) is 11.3 Å². The van der Waals surface area contributed by atoms with Crippen molar-refractivity contribution in [2.75, 3.05) is 19.5 Å². The van der Waals surface area contributed by atoms with Gasteiger partial charge in [0.1, 0.15) is 10.8 Å². The number of fused-ring (bicyclic) bond motifs is 1. The number of ether oxygens (including phenoxy) is 2. The summed E-state index contributed by atoms with van der Waals surface area (Å²) in [6.45, 7) is 2.19. The van der Waals surface area contributed by atoms with Crippen molar-refractivity contribution in [2.24, 2.45) is 5.92 Å². The molecule has 1 aromatic carbocycles. The lowest BCUT2D eigenvalue weighted by Gasteiger charge is -2.18. The van der Waals surface area contributed by atoms with Crippen LogP contribution in [0.25, 0.3) is 0 Å². The van der Waals surface area contributed by atoms with Crippen molar-refractivity contribution in [3.63, 3.8) is 0 Å². The van der Waals surface area contributed by atoms with Gasteiger partial charge in [0.15, 0.2) is 0 Å². The summed E-state index contributed by atoms with van der Waals surface area (Å²) in [4.78, 5) is 26.3. The van der Waals surface area contributed by atoms with E-state index in [1.54, 1.807) is 18.2 Å². The maximum Gasteiger partial charge on any atom is 0.341 e. The lowest BCUT2D eigenvalue weighted by molar-refractivity contribution is 0.0601. The Balaban J connectivity index is 1.98. The third kappa shape index (κ3) is 3.57. The molecule has 0 saturated heterocycles. The maximum absolute atomic E-state index is 12.8. The number of methoxy groups -OCH3 is 2. The summed E-state index contributed by atoms with van der Waals surface area (Å²) < 4.78 is 10.2. The maximum atomic E-state index is 12.8. The first-order chi connectivity index (χ1) is 12.4. The Hall–Kier alpha value is -2.05. The second-order valence-corrected chi connectivity index (χ2v) is 7.89. The second-order valence-electron chi connectivity index (χ2n) is 6.35. The molecule has 1 heterocycles. The number of benzene rings is 1. The first kappa shape index (κ1) is 18.7. The van der Waals surface area contributed by atoms with E-state index in [-0.39, 0.29) is 5.91 Å². The molecule has 3 rings (SSSR count). The standard InChI is InChI=1S/C19H20ClNO4S/c1-10-4-6-12-15(8-10)26-18(16(12)19(23)25-3)21-17(22)13-9-11(20)5-7-14(13)24-2/h5,7,9-10H,4,6,8H2,1-3H3,(H,21,22)/t10-/m1/s1. The van der Waals surface area contributed by atoms with Crippen LogP contribution >= 0.6 is 22.9 Å². The lowest BCUT2D eigenvalue weighted by Crippen LogP contribution is -2.16. The molecule has 0 unspecified atom stereocenters. The van der Waals surface area contributed by atoms with E-state index in [1.165, 1.54) is 25.6 Å². The highest BCUT2D eigenvalue weighted by atomic mass is 35.5. The molecule has 0 saturated carbocycles. The Bertz CT molecular complexity index is 861. The van der Waals surface area contributed by atoms with E-state index in [1.807, 2.05) is 0 Å². The van der Waals surface area contributed by atoms with Gasteiger partial charge in [-0.05, 0) is 48.9 Å². The zero-order chi connectivity index (χ0) is 18.8. The van der Waals surface area contributed by atoms with Gasteiger partial charge in [-0.2, -0.15) is 0 Å². The molecule has 0 radical (unpaired) electrons. The van der Waals surface area contributed by atoms with Gasteiger partial charge in [-0.1, -0.05) is 18.5 Å². The fourth-order valence-corrected chi connectivity index (χ4v) is 4.75. The summed E-state index contributed by atoms with van der Waals surface area (Å²) in [6, 6.07) is 4.84. The summed E-state index contributed by atoms with van der Waals surface area (Å²) >= 11 is 7.46. The van der Waals surface area contributed by atoms with E-state index >= 15 is 0 Å². The van der Waals surface area contributed by atoms with E-state index in [2.05, 4.69) is 12.2 Å². The number of hydrogen-bond donors (Lipinski definition) is 1. The molecular formula is C19H20ClNO4S. The minimum atomic E-state index is -0.426. The molecule has 0 bridgehead atoms.